The van der Waals surface area contributed by atoms with Crippen LogP contribution in [-0.2, 0) is 9.47 Å². The average Bonchev–Trinajstić information content (AvgIpc) is 2.79. The van der Waals surface area contributed by atoms with E-state index in [1.165, 1.54) is 20.3 Å². The molecule has 0 aromatic heterocycles. The van der Waals surface area contributed by atoms with Gasteiger partial charge >= 0.3 is 11.9 Å². The maximum absolute atomic E-state index is 12.0. The van der Waals surface area contributed by atoms with Crippen LogP contribution in [0.1, 0.15) is 20.7 Å². The Bertz CT molecular complexity index is 976. The minimum atomic E-state index is -0.560. The van der Waals surface area contributed by atoms with E-state index in [-0.39, 0.29) is 11.1 Å². The molecule has 0 atom stereocenters. The first-order chi connectivity index (χ1) is 14.8. The fourth-order valence-electron chi connectivity index (χ4n) is 3.22. The maximum Gasteiger partial charge on any atom is 0.337 e. The maximum atomic E-state index is 12.0. The molecule has 0 radical (unpaired) electrons. The molecule has 2 aromatic carbocycles. The molecule has 0 amide bonds. The van der Waals surface area contributed by atoms with Crippen LogP contribution in [0.5, 0.6) is 0 Å². The van der Waals surface area contributed by atoms with E-state index in [9.17, 15) is 9.59 Å². The lowest BCUT2D eigenvalue weighted by atomic mass is 10.1. The van der Waals surface area contributed by atoms with E-state index in [1.54, 1.807) is 18.2 Å². The van der Waals surface area contributed by atoms with Gasteiger partial charge in [0.15, 0.2) is 5.11 Å². The molecule has 0 bridgehead atoms. The summed E-state index contributed by atoms with van der Waals surface area (Å²) >= 11 is 17.7. The van der Waals surface area contributed by atoms with Crippen molar-refractivity contribution in [3.8, 4) is 0 Å². The Balaban J connectivity index is 1.68. The number of nitrogens with one attached hydrogen (secondary N) is 1. The summed E-state index contributed by atoms with van der Waals surface area (Å²) < 4.78 is 9.53. The first kappa shape index (κ1) is 23.1. The fraction of sp³-hybridized carbons (Fsp3) is 0.286. The van der Waals surface area contributed by atoms with Gasteiger partial charge in [0.05, 0.1) is 35.4 Å². The van der Waals surface area contributed by atoms with Gasteiger partial charge in [0, 0.05) is 37.6 Å². The third kappa shape index (κ3) is 5.58. The zero-order valence-corrected chi connectivity index (χ0v) is 19.3. The number of hydrogen-bond acceptors (Lipinski definition) is 6. The molecule has 1 N–H and O–H groups in total. The molecule has 1 saturated heterocycles. The van der Waals surface area contributed by atoms with Crippen LogP contribution in [0.15, 0.2) is 36.4 Å². The predicted molar refractivity (Wildman–Crippen MR) is 126 cm³/mol. The number of carbonyl (C=O) groups is 2. The largest absolute Gasteiger partial charge is 0.465 e. The summed E-state index contributed by atoms with van der Waals surface area (Å²) in [6, 6.07) is 10.1. The van der Waals surface area contributed by atoms with Crippen molar-refractivity contribution in [3.63, 3.8) is 0 Å². The molecule has 31 heavy (non-hydrogen) atoms. The standard InChI is InChI=1S/C21H21Cl2N3O4S/c1-29-19(27)13-9-14(20(28)30-2)11-15(10-13)24-21(31)26-7-5-25(6-8-26)16-3-4-17(22)18(23)12-16/h3-4,9-12H,5-8H2,1-2H3,(H,24,31). The van der Waals surface area contributed by atoms with Gasteiger partial charge in [-0.05, 0) is 48.6 Å². The zero-order valence-electron chi connectivity index (χ0n) is 17.0. The Kier molecular flexibility index (Phi) is 7.59. The van der Waals surface area contributed by atoms with Crippen LogP contribution in [0.3, 0.4) is 0 Å². The van der Waals surface area contributed by atoms with Crippen LogP contribution in [0, 0.1) is 0 Å². The molecule has 0 spiro atoms. The topological polar surface area (TPSA) is 71.1 Å². The van der Waals surface area contributed by atoms with Gasteiger partial charge in [-0.2, -0.15) is 0 Å². The highest BCUT2D eigenvalue weighted by Crippen LogP contribution is 2.28. The van der Waals surface area contributed by atoms with Gasteiger partial charge in [-0.15, -0.1) is 0 Å². The normalized spacial score (nSPS) is 13.5. The molecule has 3 rings (SSSR count). The first-order valence-corrected chi connectivity index (χ1v) is 10.6. The van der Waals surface area contributed by atoms with Gasteiger partial charge in [-0.1, -0.05) is 23.2 Å². The van der Waals surface area contributed by atoms with Crippen molar-refractivity contribution in [2.45, 2.75) is 0 Å². The highest BCUT2D eigenvalue weighted by Gasteiger charge is 2.21. The van der Waals surface area contributed by atoms with Crippen LogP contribution in [-0.4, -0.2) is 62.3 Å². The van der Waals surface area contributed by atoms with Crippen molar-refractivity contribution in [1.82, 2.24) is 4.90 Å². The van der Waals surface area contributed by atoms with Crippen molar-refractivity contribution in [2.24, 2.45) is 0 Å². The number of anilines is 2. The van der Waals surface area contributed by atoms with E-state index in [2.05, 4.69) is 10.2 Å². The van der Waals surface area contributed by atoms with Crippen LogP contribution in [0.4, 0.5) is 11.4 Å². The Morgan fingerprint density at radius 3 is 2.00 bits per heavy atom. The Labute approximate surface area is 195 Å². The number of rotatable bonds is 4. The van der Waals surface area contributed by atoms with Gasteiger partial charge in [0.2, 0.25) is 0 Å². The summed E-state index contributed by atoms with van der Waals surface area (Å²) in [5.41, 5.74) is 1.95. The number of esters is 2. The van der Waals surface area contributed by atoms with E-state index >= 15 is 0 Å². The van der Waals surface area contributed by atoms with Gasteiger partial charge in [0.25, 0.3) is 0 Å². The molecule has 0 unspecified atom stereocenters. The predicted octanol–water partition coefficient (Wildman–Crippen LogP) is 4.09. The highest BCUT2D eigenvalue weighted by atomic mass is 35.5. The molecule has 2 aromatic rings. The first-order valence-electron chi connectivity index (χ1n) is 9.40. The lowest BCUT2D eigenvalue weighted by molar-refractivity contribution is 0.0599. The van der Waals surface area contributed by atoms with Crippen LogP contribution >= 0.6 is 35.4 Å². The summed E-state index contributed by atoms with van der Waals surface area (Å²) in [5, 5.41) is 4.64. The van der Waals surface area contributed by atoms with E-state index in [4.69, 9.17) is 44.9 Å². The van der Waals surface area contributed by atoms with Crippen molar-refractivity contribution in [1.29, 1.82) is 0 Å². The van der Waals surface area contributed by atoms with E-state index in [0.29, 0.717) is 33.9 Å². The number of piperazine rings is 1. The lowest BCUT2D eigenvalue weighted by Gasteiger charge is -2.37. The van der Waals surface area contributed by atoms with Crippen LogP contribution in [0.2, 0.25) is 10.0 Å². The Morgan fingerprint density at radius 2 is 1.48 bits per heavy atom. The number of methoxy groups -OCH3 is 2. The highest BCUT2D eigenvalue weighted by molar-refractivity contribution is 7.80. The van der Waals surface area contributed by atoms with Crippen molar-refractivity contribution >= 4 is 63.8 Å². The number of thiocarbonyl (C=S) groups is 1. The van der Waals surface area contributed by atoms with Crippen molar-refractivity contribution < 1.29 is 19.1 Å². The molecule has 1 fully saturated rings. The molecule has 1 heterocycles. The summed E-state index contributed by atoms with van der Waals surface area (Å²) in [4.78, 5) is 28.1. The number of ether oxygens (including phenoxy) is 2. The van der Waals surface area contributed by atoms with Crippen molar-refractivity contribution in [2.75, 3.05) is 50.6 Å². The smallest absolute Gasteiger partial charge is 0.337 e. The molecular formula is C21H21Cl2N3O4S. The zero-order chi connectivity index (χ0) is 22.5. The molecule has 10 heteroatoms. The van der Waals surface area contributed by atoms with E-state index in [1.807, 2.05) is 17.0 Å². The Hall–Kier alpha value is -2.55. The molecule has 1 aliphatic heterocycles. The summed E-state index contributed by atoms with van der Waals surface area (Å²) in [6.45, 7) is 2.87. The van der Waals surface area contributed by atoms with Crippen LogP contribution < -0.4 is 10.2 Å². The van der Waals surface area contributed by atoms with E-state index < -0.39 is 11.9 Å². The number of hydrogen-bond donors (Lipinski definition) is 1. The van der Waals surface area contributed by atoms with Gasteiger partial charge in [0.1, 0.15) is 0 Å². The average molecular weight is 482 g/mol. The monoisotopic (exact) mass is 481 g/mol. The summed E-state index contributed by atoms with van der Waals surface area (Å²) in [7, 11) is 2.55. The molecule has 0 aliphatic carbocycles. The van der Waals surface area contributed by atoms with Crippen LogP contribution in [0.25, 0.3) is 0 Å². The molecule has 1 aliphatic rings. The number of halogens is 2. The summed E-state index contributed by atoms with van der Waals surface area (Å²) in [5.74, 6) is -1.12. The second kappa shape index (κ2) is 10.2. The molecule has 164 valence electrons. The van der Waals surface area contributed by atoms with Crippen molar-refractivity contribution in [3.05, 3.63) is 57.6 Å². The molecular weight excluding hydrogens is 461 g/mol. The number of carbonyl (C=O) groups excluding carboxylic acids is 2. The third-order valence-electron chi connectivity index (χ3n) is 4.86. The fourth-order valence-corrected chi connectivity index (χ4v) is 3.82. The van der Waals surface area contributed by atoms with E-state index in [0.717, 1.165) is 18.8 Å². The number of benzene rings is 2. The van der Waals surface area contributed by atoms with Gasteiger partial charge in [-0.3, -0.25) is 0 Å². The SMILES string of the molecule is COC(=O)c1cc(NC(=S)N2CCN(c3ccc(Cl)c(Cl)c3)CC2)cc(C(=O)OC)c1. The second-order valence-corrected chi connectivity index (χ2v) is 7.99. The Morgan fingerprint density at radius 1 is 0.903 bits per heavy atom. The third-order valence-corrected chi connectivity index (χ3v) is 5.96. The summed E-state index contributed by atoms with van der Waals surface area (Å²) in [6.07, 6.45) is 0. The second-order valence-electron chi connectivity index (χ2n) is 6.78. The molecule has 7 nitrogen and oxygen atoms in total. The number of nitrogens with zero attached hydrogens (tertiary/aromatic N) is 2. The van der Waals surface area contributed by atoms with Gasteiger partial charge < -0.3 is 24.6 Å². The lowest BCUT2D eigenvalue weighted by Crippen LogP contribution is -2.50. The minimum absolute atomic E-state index is 0.222. The minimum Gasteiger partial charge on any atom is -0.465 e. The molecule has 0 saturated carbocycles. The van der Waals surface area contributed by atoms with Gasteiger partial charge in [-0.25, -0.2) is 9.59 Å². The quantitative estimate of drug-likeness (QED) is 0.517.